The van der Waals surface area contributed by atoms with Gasteiger partial charge in [0.15, 0.2) is 0 Å². The molecule has 0 radical (unpaired) electrons. The number of carbonyl (C=O) groups is 4. The fraction of sp³-hybridized carbons (Fsp3) is 0.250. The van der Waals surface area contributed by atoms with E-state index >= 15 is 0 Å². The minimum Gasteiger partial charge on any atom is -0.460 e. The number of nitrogens with zero attached hydrogens (tertiary/aromatic N) is 2. The molecule has 0 fully saturated rings. The molecule has 0 spiro atoms. The van der Waals surface area contributed by atoms with Gasteiger partial charge in [-0.1, -0.05) is 30.3 Å². The summed E-state index contributed by atoms with van der Waals surface area (Å²) < 4.78 is 22.8. The lowest BCUT2D eigenvalue weighted by atomic mass is 10.0. The highest BCUT2D eigenvalue weighted by atomic mass is 16.6. The van der Waals surface area contributed by atoms with Gasteiger partial charge in [-0.05, 0) is 81.3 Å². The topological polar surface area (TPSA) is 159 Å². The van der Waals surface area contributed by atoms with E-state index in [2.05, 4.69) is 10.3 Å². The van der Waals surface area contributed by atoms with Crippen molar-refractivity contribution in [1.82, 2.24) is 9.88 Å². The van der Waals surface area contributed by atoms with Gasteiger partial charge in [-0.2, -0.15) is 0 Å². The zero-order valence-corrected chi connectivity index (χ0v) is 26.8. The molecule has 5 rings (SSSR count). The van der Waals surface area contributed by atoms with E-state index in [4.69, 9.17) is 24.7 Å². The van der Waals surface area contributed by atoms with Crippen molar-refractivity contribution in [3.8, 4) is 23.0 Å². The molecule has 0 saturated heterocycles. The van der Waals surface area contributed by atoms with Gasteiger partial charge in [-0.15, -0.1) is 0 Å². The second-order valence-corrected chi connectivity index (χ2v) is 12.0. The molecule has 0 bridgehead atoms. The van der Waals surface area contributed by atoms with Crippen LogP contribution in [0.2, 0.25) is 0 Å². The molecule has 0 saturated carbocycles. The van der Waals surface area contributed by atoms with Crippen molar-refractivity contribution < 1.29 is 38.1 Å². The van der Waals surface area contributed by atoms with Crippen LogP contribution in [0.4, 0.5) is 10.5 Å². The van der Waals surface area contributed by atoms with Crippen molar-refractivity contribution in [2.45, 2.75) is 58.4 Å². The molecule has 1 aliphatic rings. The summed E-state index contributed by atoms with van der Waals surface area (Å²) >= 11 is 0. The molecule has 12 nitrogen and oxygen atoms in total. The summed E-state index contributed by atoms with van der Waals surface area (Å²) in [6.07, 6.45) is 2.20. The third kappa shape index (κ3) is 8.66. The van der Waals surface area contributed by atoms with Gasteiger partial charge in [-0.25, -0.2) is 4.79 Å². The van der Waals surface area contributed by atoms with Crippen LogP contribution in [0.3, 0.4) is 0 Å². The van der Waals surface area contributed by atoms with Crippen molar-refractivity contribution in [3.05, 3.63) is 108 Å². The summed E-state index contributed by atoms with van der Waals surface area (Å²) in [5.74, 6) is 0.0000189. The van der Waals surface area contributed by atoms with E-state index in [1.165, 1.54) is 11.1 Å². The molecule has 4 aromatic rings. The number of anilines is 1. The van der Waals surface area contributed by atoms with Crippen LogP contribution < -0.4 is 20.5 Å². The minimum atomic E-state index is -1.07. The fourth-order valence-electron chi connectivity index (χ4n) is 5.07. The number of ether oxygens (including phenoxy) is 4. The molecule has 1 aromatic heterocycles. The van der Waals surface area contributed by atoms with Crippen LogP contribution in [0, 0.1) is 0 Å². The molecule has 248 valence electrons. The van der Waals surface area contributed by atoms with Gasteiger partial charge < -0.3 is 29.6 Å². The number of nitrogens with two attached hydrogens (primary N) is 1. The number of amides is 3. The normalized spacial score (nSPS) is 12.9. The molecule has 0 aliphatic carbocycles. The summed E-state index contributed by atoms with van der Waals surface area (Å²) in [5, 5.41) is 2.67. The molecule has 3 amide bonds. The van der Waals surface area contributed by atoms with E-state index in [0.29, 0.717) is 34.1 Å². The number of nitrogens with one attached hydrogen (secondary N) is 1. The van der Waals surface area contributed by atoms with Gasteiger partial charge >= 0.3 is 12.1 Å². The summed E-state index contributed by atoms with van der Waals surface area (Å²) in [7, 11) is 0. The highest BCUT2D eigenvalue weighted by molar-refractivity contribution is 6.03. The molecule has 3 aromatic carbocycles. The number of rotatable bonds is 12. The van der Waals surface area contributed by atoms with Crippen LogP contribution in [0.5, 0.6) is 23.0 Å². The minimum absolute atomic E-state index is 0.0156. The van der Waals surface area contributed by atoms with Gasteiger partial charge in [0.2, 0.25) is 5.91 Å². The lowest BCUT2D eigenvalue weighted by molar-refractivity contribution is -0.155. The summed E-state index contributed by atoms with van der Waals surface area (Å²) in [5.41, 5.74) is 6.66. The predicted molar refractivity (Wildman–Crippen MR) is 175 cm³/mol. The monoisotopic (exact) mass is 652 g/mol. The first-order valence-electron chi connectivity index (χ1n) is 15.3. The lowest BCUT2D eigenvalue weighted by Gasteiger charge is -2.26. The second kappa shape index (κ2) is 14.7. The first-order chi connectivity index (χ1) is 23.0. The van der Waals surface area contributed by atoms with Gasteiger partial charge in [0.05, 0.1) is 11.8 Å². The Morgan fingerprint density at radius 3 is 2.29 bits per heavy atom. The highest BCUT2D eigenvalue weighted by Crippen LogP contribution is 2.38. The number of fused-ring (bicyclic) bond motifs is 1. The van der Waals surface area contributed by atoms with Crippen LogP contribution in [0.15, 0.2) is 91.3 Å². The van der Waals surface area contributed by atoms with Crippen molar-refractivity contribution in [3.63, 3.8) is 0 Å². The van der Waals surface area contributed by atoms with Crippen molar-refractivity contribution in [2.75, 3.05) is 5.32 Å². The van der Waals surface area contributed by atoms with Gasteiger partial charge in [0.25, 0.3) is 5.91 Å². The number of aromatic nitrogens is 1. The molecule has 1 atom stereocenters. The van der Waals surface area contributed by atoms with E-state index in [9.17, 15) is 19.2 Å². The van der Waals surface area contributed by atoms with E-state index in [1.807, 2.05) is 30.3 Å². The number of carbonyl (C=O) groups excluding carboxylic acids is 4. The average Bonchev–Trinajstić information content (AvgIpc) is 3.37. The Morgan fingerprint density at radius 2 is 1.62 bits per heavy atom. The molecule has 3 N–H and O–H groups in total. The molecule has 48 heavy (non-hydrogen) atoms. The highest BCUT2D eigenvalue weighted by Gasteiger charge is 2.39. The zero-order valence-electron chi connectivity index (χ0n) is 26.8. The van der Waals surface area contributed by atoms with E-state index in [0.717, 1.165) is 0 Å². The summed E-state index contributed by atoms with van der Waals surface area (Å²) in [6.45, 7) is 5.04. The number of primary amides is 1. The van der Waals surface area contributed by atoms with Crippen molar-refractivity contribution in [1.29, 1.82) is 0 Å². The maximum Gasteiger partial charge on any atom is 0.411 e. The number of benzene rings is 3. The summed E-state index contributed by atoms with van der Waals surface area (Å²) in [6, 6.07) is 21.7. The number of pyridine rings is 1. The standard InChI is InChI=1S/C36H36N4O8/c1-36(2,3)48-30(41)18-17-29(33(37)42)40-21-23-11-12-24(32(31(23)34(40)43)47-28-10-7-19-38-20-28)22-45-35(44)39-25-13-15-27(16-14-25)46-26-8-5-4-6-9-26/h4-16,19-20,29H,17-18,21-22H2,1-3H3,(H2,37,42)(H,39,44). The van der Waals surface area contributed by atoms with Gasteiger partial charge in [0.1, 0.15) is 41.2 Å². The predicted octanol–water partition coefficient (Wildman–Crippen LogP) is 6.35. The lowest BCUT2D eigenvalue weighted by Crippen LogP contribution is -2.45. The first-order valence-corrected chi connectivity index (χ1v) is 15.3. The average molecular weight is 653 g/mol. The maximum atomic E-state index is 13.9. The molecule has 1 unspecified atom stereocenters. The SMILES string of the molecule is CC(C)(C)OC(=O)CCC(C(N)=O)N1Cc2ccc(COC(=O)Nc3ccc(Oc4ccccc4)cc3)c(Oc3cccnc3)c2C1=O. The second-order valence-electron chi connectivity index (χ2n) is 12.0. The van der Waals surface area contributed by atoms with Crippen LogP contribution >= 0.6 is 0 Å². The van der Waals surface area contributed by atoms with E-state index in [1.54, 1.807) is 75.5 Å². The number of esters is 1. The Morgan fingerprint density at radius 1 is 0.917 bits per heavy atom. The number of hydrogen-bond acceptors (Lipinski definition) is 9. The Balaban J connectivity index is 1.30. The molecule has 12 heteroatoms. The molecule has 2 heterocycles. The van der Waals surface area contributed by atoms with Gasteiger partial charge in [-0.3, -0.25) is 24.7 Å². The third-order valence-electron chi connectivity index (χ3n) is 7.18. The van der Waals surface area contributed by atoms with Crippen LogP contribution in [-0.4, -0.2) is 45.4 Å². The largest absolute Gasteiger partial charge is 0.460 e. The molecular formula is C36H36N4O8. The van der Waals surface area contributed by atoms with Crippen LogP contribution in [0.25, 0.3) is 0 Å². The number of hydrogen-bond donors (Lipinski definition) is 2. The van der Waals surface area contributed by atoms with Crippen LogP contribution in [-0.2, 0) is 32.2 Å². The Labute approximate surface area is 277 Å². The Hall–Kier alpha value is -5.91. The first kappa shape index (κ1) is 33.5. The van der Waals surface area contributed by atoms with Crippen LogP contribution in [0.1, 0.15) is 55.1 Å². The third-order valence-corrected chi connectivity index (χ3v) is 7.18. The molecule has 1 aliphatic heterocycles. The Bertz CT molecular complexity index is 1770. The van der Waals surface area contributed by atoms with Crippen molar-refractivity contribution >= 4 is 29.6 Å². The van der Waals surface area contributed by atoms with Gasteiger partial charge in [0, 0.05) is 30.4 Å². The fourth-order valence-corrected chi connectivity index (χ4v) is 5.07. The van der Waals surface area contributed by atoms with Crippen molar-refractivity contribution in [2.24, 2.45) is 5.73 Å². The Kier molecular flexibility index (Phi) is 10.2. The summed E-state index contributed by atoms with van der Waals surface area (Å²) in [4.78, 5) is 56.9. The van der Waals surface area contributed by atoms with E-state index < -0.39 is 35.5 Å². The molecular weight excluding hydrogens is 616 g/mol. The maximum absolute atomic E-state index is 13.9. The zero-order chi connectivity index (χ0) is 34.3. The number of para-hydroxylation sites is 1. The quantitative estimate of drug-likeness (QED) is 0.166. The van der Waals surface area contributed by atoms with E-state index in [-0.39, 0.29) is 37.3 Å². The smallest absolute Gasteiger partial charge is 0.411 e.